The van der Waals surface area contributed by atoms with Gasteiger partial charge in [-0.15, -0.1) is 0 Å². The first kappa shape index (κ1) is 16.3. The zero-order valence-corrected chi connectivity index (χ0v) is 14.2. The third kappa shape index (κ3) is 3.06. The van der Waals surface area contributed by atoms with Crippen LogP contribution in [0.3, 0.4) is 0 Å². The molecule has 24 heavy (non-hydrogen) atoms. The van der Waals surface area contributed by atoms with Crippen LogP contribution >= 0.6 is 0 Å². The number of hydrogen-bond donors (Lipinski definition) is 1. The molecule has 0 radical (unpaired) electrons. The molecule has 2 aromatic heterocycles. The lowest BCUT2D eigenvalue weighted by atomic mass is 10.1. The third-order valence-electron chi connectivity index (χ3n) is 4.24. The van der Waals surface area contributed by atoms with E-state index in [2.05, 4.69) is 10.3 Å². The van der Waals surface area contributed by atoms with Gasteiger partial charge in [-0.25, -0.2) is 4.98 Å². The number of aromatic nitrogens is 2. The van der Waals surface area contributed by atoms with Crippen molar-refractivity contribution in [1.29, 1.82) is 0 Å². The van der Waals surface area contributed by atoms with Crippen LogP contribution in [0.25, 0.3) is 0 Å². The normalized spacial score (nSPS) is 17.0. The Morgan fingerprint density at radius 3 is 2.88 bits per heavy atom. The number of nitrogens with one attached hydrogen (secondary N) is 1. The van der Waals surface area contributed by atoms with Crippen molar-refractivity contribution < 1.29 is 14.0 Å². The van der Waals surface area contributed by atoms with Crippen LogP contribution in [0.1, 0.15) is 48.9 Å². The number of carbonyl (C=O) groups excluding carboxylic acids is 2. The highest BCUT2D eigenvalue weighted by Crippen LogP contribution is 2.26. The smallest absolute Gasteiger partial charge is 0.271 e. The van der Waals surface area contributed by atoms with Gasteiger partial charge in [0.25, 0.3) is 5.91 Å². The van der Waals surface area contributed by atoms with Gasteiger partial charge in [0.05, 0.1) is 18.8 Å². The van der Waals surface area contributed by atoms with Crippen molar-refractivity contribution in [1.82, 2.24) is 19.8 Å². The van der Waals surface area contributed by atoms with E-state index in [-0.39, 0.29) is 23.8 Å². The molecule has 0 aromatic carbocycles. The molecule has 1 N–H and O–H groups in total. The van der Waals surface area contributed by atoms with Crippen LogP contribution in [0.2, 0.25) is 0 Å². The highest BCUT2D eigenvalue weighted by atomic mass is 16.3. The zero-order valence-electron chi connectivity index (χ0n) is 14.2. The van der Waals surface area contributed by atoms with Gasteiger partial charge in [-0.05, 0) is 19.1 Å². The van der Waals surface area contributed by atoms with Crippen LogP contribution in [0.4, 0.5) is 0 Å². The lowest BCUT2D eigenvalue weighted by Crippen LogP contribution is -2.42. The van der Waals surface area contributed by atoms with Gasteiger partial charge in [-0.2, -0.15) is 0 Å². The van der Waals surface area contributed by atoms with E-state index in [9.17, 15) is 9.59 Å². The maximum atomic E-state index is 12.3. The predicted octanol–water partition coefficient (Wildman–Crippen LogP) is 1.97. The van der Waals surface area contributed by atoms with Crippen LogP contribution in [-0.2, 0) is 17.9 Å². The fraction of sp³-hybridized carbons (Fsp3) is 0.471. The number of imidazole rings is 1. The number of hydrogen-bond acceptors (Lipinski definition) is 4. The Bertz CT molecular complexity index is 733. The Morgan fingerprint density at radius 2 is 2.21 bits per heavy atom. The molecule has 3 rings (SSSR count). The van der Waals surface area contributed by atoms with Gasteiger partial charge in [0.2, 0.25) is 5.91 Å². The fourth-order valence-electron chi connectivity index (χ4n) is 2.90. The maximum absolute atomic E-state index is 12.3. The van der Waals surface area contributed by atoms with Crippen LogP contribution in [0.5, 0.6) is 0 Å². The summed E-state index contributed by atoms with van der Waals surface area (Å²) >= 11 is 0. The number of amides is 2. The van der Waals surface area contributed by atoms with Crippen LogP contribution in [-0.4, -0.2) is 32.8 Å². The summed E-state index contributed by atoms with van der Waals surface area (Å²) in [5, 5.41) is 2.79. The van der Waals surface area contributed by atoms with E-state index in [1.807, 2.05) is 30.2 Å². The highest BCUT2D eigenvalue weighted by molar-refractivity contribution is 5.92. The predicted molar refractivity (Wildman–Crippen MR) is 87.1 cm³/mol. The van der Waals surface area contributed by atoms with Crippen molar-refractivity contribution >= 4 is 11.8 Å². The molecule has 0 saturated carbocycles. The Balaban J connectivity index is 1.72. The van der Waals surface area contributed by atoms with Gasteiger partial charge in [0, 0.05) is 25.2 Å². The first-order valence-electron chi connectivity index (χ1n) is 8.15. The second kappa shape index (κ2) is 6.51. The number of nitrogens with zero attached hydrogens (tertiary/aromatic N) is 3. The number of carbonyl (C=O) groups is 2. The van der Waals surface area contributed by atoms with Crippen LogP contribution in [0, 0.1) is 5.92 Å². The van der Waals surface area contributed by atoms with Crippen molar-refractivity contribution in [2.45, 2.75) is 39.9 Å². The number of furan rings is 1. The van der Waals surface area contributed by atoms with Gasteiger partial charge in [0.15, 0.2) is 0 Å². The second-order valence-electron chi connectivity index (χ2n) is 6.30. The Kier molecular flexibility index (Phi) is 4.42. The first-order chi connectivity index (χ1) is 11.5. The van der Waals surface area contributed by atoms with E-state index in [0.717, 1.165) is 5.82 Å². The van der Waals surface area contributed by atoms with Gasteiger partial charge >= 0.3 is 0 Å². The van der Waals surface area contributed by atoms with E-state index in [1.54, 1.807) is 24.6 Å². The molecule has 1 aliphatic rings. The van der Waals surface area contributed by atoms with Crippen LogP contribution < -0.4 is 5.32 Å². The molecular formula is C17H22N4O3. The van der Waals surface area contributed by atoms with Crippen LogP contribution in [0.15, 0.2) is 29.0 Å². The molecule has 0 spiro atoms. The molecule has 7 nitrogen and oxygen atoms in total. The molecule has 2 amide bonds. The van der Waals surface area contributed by atoms with E-state index in [1.165, 1.54) is 0 Å². The summed E-state index contributed by atoms with van der Waals surface area (Å²) in [6.07, 6.45) is 3.32. The molecule has 1 aliphatic heterocycles. The maximum Gasteiger partial charge on any atom is 0.271 e. The molecule has 7 heteroatoms. The molecule has 2 aromatic rings. The molecule has 0 aliphatic carbocycles. The molecular weight excluding hydrogens is 308 g/mol. The molecule has 0 saturated heterocycles. The Labute approximate surface area is 140 Å². The summed E-state index contributed by atoms with van der Waals surface area (Å²) in [5.41, 5.74) is 0.363. The lowest BCUT2D eigenvalue weighted by molar-refractivity contribution is -0.137. The average Bonchev–Trinajstić information content (AvgIpc) is 3.22. The first-order valence-corrected chi connectivity index (χ1v) is 8.15. The van der Waals surface area contributed by atoms with Crippen molar-refractivity contribution in [3.8, 4) is 0 Å². The molecule has 3 heterocycles. The molecule has 1 unspecified atom stereocenters. The third-order valence-corrected chi connectivity index (χ3v) is 4.24. The standard InChI is InChI=1S/C17H22N4O3/c1-11(2)17(23)21-7-6-20-10-14(19-15(20)12(21)3)16(22)18-9-13-5-4-8-24-13/h4-5,8,10-12H,6-7,9H2,1-3H3,(H,18,22). The monoisotopic (exact) mass is 330 g/mol. The molecule has 128 valence electrons. The van der Waals surface area contributed by atoms with Gasteiger partial charge in [-0.3, -0.25) is 9.59 Å². The highest BCUT2D eigenvalue weighted by Gasteiger charge is 2.31. The van der Waals surface area contributed by atoms with E-state index in [0.29, 0.717) is 31.1 Å². The number of rotatable bonds is 4. The van der Waals surface area contributed by atoms with Crippen molar-refractivity contribution in [2.24, 2.45) is 5.92 Å². The molecule has 0 fully saturated rings. The zero-order chi connectivity index (χ0) is 17.3. The lowest BCUT2D eigenvalue weighted by Gasteiger charge is -2.34. The minimum Gasteiger partial charge on any atom is -0.467 e. The largest absolute Gasteiger partial charge is 0.467 e. The van der Waals surface area contributed by atoms with E-state index in [4.69, 9.17) is 4.42 Å². The van der Waals surface area contributed by atoms with E-state index >= 15 is 0 Å². The van der Waals surface area contributed by atoms with E-state index < -0.39 is 0 Å². The Hall–Kier alpha value is -2.57. The van der Waals surface area contributed by atoms with Crippen molar-refractivity contribution in [3.05, 3.63) is 41.9 Å². The summed E-state index contributed by atoms with van der Waals surface area (Å²) in [6.45, 7) is 7.34. The summed E-state index contributed by atoms with van der Waals surface area (Å²) in [5.74, 6) is 1.25. The fourth-order valence-corrected chi connectivity index (χ4v) is 2.90. The summed E-state index contributed by atoms with van der Waals surface area (Å²) < 4.78 is 7.15. The Morgan fingerprint density at radius 1 is 1.42 bits per heavy atom. The second-order valence-corrected chi connectivity index (χ2v) is 6.30. The quantitative estimate of drug-likeness (QED) is 0.929. The topological polar surface area (TPSA) is 80.4 Å². The summed E-state index contributed by atoms with van der Waals surface area (Å²) in [7, 11) is 0. The minimum atomic E-state index is -0.248. The molecule has 0 bridgehead atoms. The van der Waals surface area contributed by atoms with Crippen molar-refractivity contribution in [2.75, 3.05) is 6.54 Å². The average molecular weight is 330 g/mol. The summed E-state index contributed by atoms with van der Waals surface area (Å²) in [4.78, 5) is 30.9. The summed E-state index contributed by atoms with van der Waals surface area (Å²) in [6, 6.07) is 3.44. The minimum absolute atomic E-state index is 0.0509. The van der Waals surface area contributed by atoms with Crippen molar-refractivity contribution in [3.63, 3.8) is 0 Å². The van der Waals surface area contributed by atoms with Gasteiger partial charge in [0.1, 0.15) is 17.3 Å². The molecule has 1 atom stereocenters. The number of fused-ring (bicyclic) bond motifs is 1. The SMILES string of the molecule is CC(C)C(=O)N1CCn2cc(C(=O)NCc3ccco3)nc2C1C. The van der Waals surface area contributed by atoms with Gasteiger partial charge in [-0.1, -0.05) is 13.8 Å². The van der Waals surface area contributed by atoms with Gasteiger partial charge < -0.3 is 19.2 Å².